The Labute approximate surface area is 170 Å². The summed E-state index contributed by atoms with van der Waals surface area (Å²) in [4.78, 5) is 25.6. The van der Waals surface area contributed by atoms with Crippen LogP contribution in [0.2, 0.25) is 0 Å². The van der Waals surface area contributed by atoms with E-state index in [1.54, 1.807) is 12.1 Å². The minimum Gasteiger partial charge on any atom is -0.492 e. The van der Waals surface area contributed by atoms with Crippen molar-refractivity contribution < 1.29 is 19.1 Å². The molecule has 0 aliphatic rings. The van der Waals surface area contributed by atoms with Gasteiger partial charge in [-0.15, -0.1) is 11.3 Å². The van der Waals surface area contributed by atoms with Crippen LogP contribution < -0.4 is 20.1 Å². The van der Waals surface area contributed by atoms with Gasteiger partial charge in [-0.1, -0.05) is 19.9 Å². The van der Waals surface area contributed by atoms with E-state index in [1.807, 2.05) is 45.2 Å². The zero-order valence-electron chi connectivity index (χ0n) is 16.8. The highest BCUT2D eigenvalue weighted by Gasteiger charge is 2.17. The average molecular weight is 405 g/mol. The third-order valence-electron chi connectivity index (χ3n) is 3.74. The predicted octanol–water partition coefficient (Wildman–Crippen LogP) is 4.71. The number of rotatable bonds is 10. The topological polar surface area (TPSA) is 76.7 Å². The molecule has 2 N–H and O–H groups in total. The fourth-order valence-corrected chi connectivity index (χ4v) is 3.35. The van der Waals surface area contributed by atoms with Crippen LogP contribution >= 0.6 is 11.3 Å². The highest BCUT2D eigenvalue weighted by molar-refractivity contribution is 7.10. The van der Waals surface area contributed by atoms with Gasteiger partial charge < -0.3 is 20.1 Å². The van der Waals surface area contributed by atoms with E-state index in [0.29, 0.717) is 48.9 Å². The second-order valence-electron chi connectivity index (χ2n) is 6.66. The number of carbonyl (C=O) groups is 2. The number of hydrogen-bond donors (Lipinski definition) is 2. The SMILES string of the molecule is CCOc1cc(NC(=O)CC(C)C)c(OCC)cc1NC(=O)Cc1cccs1. The average Bonchev–Trinajstić information content (AvgIpc) is 3.11. The Morgan fingerprint density at radius 2 is 1.57 bits per heavy atom. The molecule has 1 heterocycles. The molecule has 0 atom stereocenters. The van der Waals surface area contributed by atoms with Gasteiger partial charge in [0.25, 0.3) is 0 Å². The van der Waals surface area contributed by atoms with Gasteiger partial charge in [-0.2, -0.15) is 0 Å². The van der Waals surface area contributed by atoms with E-state index in [2.05, 4.69) is 10.6 Å². The summed E-state index contributed by atoms with van der Waals surface area (Å²) in [6.07, 6.45) is 0.703. The summed E-state index contributed by atoms with van der Waals surface area (Å²) in [6.45, 7) is 8.57. The molecule has 1 aromatic carbocycles. The molecule has 28 heavy (non-hydrogen) atoms. The highest BCUT2D eigenvalue weighted by atomic mass is 32.1. The molecule has 0 saturated carbocycles. The minimum atomic E-state index is -0.137. The summed E-state index contributed by atoms with van der Waals surface area (Å²) in [7, 11) is 0. The Morgan fingerprint density at radius 3 is 2.04 bits per heavy atom. The molecule has 0 unspecified atom stereocenters. The molecule has 0 radical (unpaired) electrons. The van der Waals surface area contributed by atoms with Crippen molar-refractivity contribution in [3.05, 3.63) is 34.5 Å². The van der Waals surface area contributed by atoms with E-state index in [0.717, 1.165) is 4.88 Å². The summed E-state index contributed by atoms with van der Waals surface area (Å²) in [6, 6.07) is 7.24. The van der Waals surface area contributed by atoms with Crippen LogP contribution in [0.25, 0.3) is 0 Å². The second-order valence-corrected chi connectivity index (χ2v) is 7.69. The molecule has 2 aromatic rings. The maximum absolute atomic E-state index is 12.4. The van der Waals surface area contributed by atoms with E-state index in [1.165, 1.54) is 11.3 Å². The standard InChI is InChI=1S/C21H28N2O4S/c1-5-26-18-13-17(23-21(25)11-15-8-7-9-28-15)19(27-6-2)12-16(18)22-20(24)10-14(3)4/h7-9,12-14H,5-6,10-11H2,1-4H3,(H,22,24)(H,23,25). The molecule has 0 saturated heterocycles. The van der Waals surface area contributed by atoms with Gasteiger partial charge >= 0.3 is 0 Å². The predicted molar refractivity (Wildman–Crippen MR) is 114 cm³/mol. The van der Waals surface area contributed by atoms with Crippen molar-refractivity contribution in [3.63, 3.8) is 0 Å². The van der Waals surface area contributed by atoms with Gasteiger partial charge in [0.2, 0.25) is 11.8 Å². The Hall–Kier alpha value is -2.54. The number of amides is 2. The number of thiophene rings is 1. The van der Waals surface area contributed by atoms with Crippen molar-refractivity contribution in [1.29, 1.82) is 0 Å². The fourth-order valence-electron chi connectivity index (χ4n) is 2.64. The molecule has 0 bridgehead atoms. The van der Waals surface area contributed by atoms with Crippen molar-refractivity contribution in [2.75, 3.05) is 23.8 Å². The summed E-state index contributed by atoms with van der Waals surface area (Å²) < 4.78 is 11.4. The van der Waals surface area contributed by atoms with Crippen LogP contribution in [0, 0.1) is 5.92 Å². The van der Waals surface area contributed by atoms with Crippen molar-refractivity contribution >= 4 is 34.5 Å². The third-order valence-corrected chi connectivity index (χ3v) is 4.61. The number of hydrogen-bond acceptors (Lipinski definition) is 5. The number of benzene rings is 1. The Morgan fingerprint density at radius 1 is 1.00 bits per heavy atom. The van der Waals surface area contributed by atoms with Crippen molar-refractivity contribution in [1.82, 2.24) is 0 Å². The van der Waals surface area contributed by atoms with Crippen LogP contribution in [0.3, 0.4) is 0 Å². The Balaban J connectivity index is 2.26. The maximum Gasteiger partial charge on any atom is 0.229 e. The summed E-state index contributed by atoms with van der Waals surface area (Å²) in [5.74, 6) is 1.01. The van der Waals surface area contributed by atoms with Gasteiger partial charge in [0.05, 0.1) is 31.0 Å². The first-order chi connectivity index (χ1) is 13.4. The molecule has 2 amide bonds. The van der Waals surface area contributed by atoms with Crippen LogP contribution in [0.4, 0.5) is 11.4 Å². The van der Waals surface area contributed by atoms with E-state index >= 15 is 0 Å². The van der Waals surface area contributed by atoms with Gasteiger partial charge in [0.15, 0.2) is 0 Å². The molecule has 0 aliphatic carbocycles. The number of anilines is 2. The molecule has 1 aromatic heterocycles. The van der Waals surface area contributed by atoms with Crippen LogP contribution in [0.15, 0.2) is 29.6 Å². The molecule has 0 fully saturated rings. The third kappa shape index (κ3) is 6.56. The van der Waals surface area contributed by atoms with Gasteiger partial charge in [-0.3, -0.25) is 9.59 Å². The summed E-state index contributed by atoms with van der Waals surface area (Å²) in [5, 5.41) is 7.72. The molecule has 6 nitrogen and oxygen atoms in total. The van der Waals surface area contributed by atoms with Gasteiger partial charge in [0.1, 0.15) is 11.5 Å². The van der Waals surface area contributed by atoms with E-state index < -0.39 is 0 Å². The minimum absolute atomic E-state index is 0.0899. The highest BCUT2D eigenvalue weighted by Crippen LogP contribution is 2.37. The van der Waals surface area contributed by atoms with Crippen LogP contribution in [-0.4, -0.2) is 25.0 Å². The van der Waals surface area contributed by atoms with Gasteiger partial charge in [-0.05, 0) is 31.2 Å². The van der Waals surface area contributed by atoms with Crippen LogP contribution in [-0.2, 0) is 16.0 Å². The normalized spacial score (nSPS) is 10.6. The van der Waals surface area contributed by atoms with Crippen molar-refractivity contribution in [2.24, 2.45) is 5.92 Å². The Kier molecular flexibility index (Phi) is 8.32. The number of nitrogens with one attached hydrogen (secondary N) is 2. The lowest BCUT2D eigenvalue weighted by Gasteiger charge is -2.18. The Bertz CT molecular complexity index is 788. The molecule has 7 heteroatoms. The first-order valence-electron chi connectivity index (χ1n) is 9.48. The quantitative estimate of drug-likeness (QED) is 0.601. The number of ether oxygens (including phenoxy) is 2. The lowest BCUT2D eigenvalue weighted by Crippen LogP contribution is -2.17. The summed E-state index contributed by atoms with van der Waals surface area (Å²) in [5.41, 5.74) is 1.06. The van der Waals surface area contributed by atoms with Crippen molar-refractivity contribution in [3.8, 4) is 11.5 Å². The molecule has 0 spiro atoms. The van der Waals surface area contributed by atoms with Gasteiger partial charge in [-0.25, -0.2) is 0 Å². The molecule has 0 aliphatic heterocycles. The van der Waals surface area contributed by atoms with E-state index in [4.69, 9.17) is 9.47 Å². The van der Waals surface area contributed by atoms with E-state index in [-0.39, 0.29) is 17.7 Å². The second kappa shape index (κ2) is 10.7. The number of carbonyl (C=O) groups excluding carboxylic acids is 2. The zero-order chi connectivity index (χ0) is 20.5. The van der Waals surface area contributed by atoms with Crippen LogP contribution in [0.5, 0.6) is 11.5 Å². The maximum atomic E-state index is 12.4. The van der Waals surface area contributed by atoms with Crippen LogP contribution in [0.1, 0.15) is 39.0 Å². The first-order valence-corrected chi connectivity index (χ1v) is 10.4. The molecule has 2 rings (SSSR count). The lowest BCUT2D eigenvalue weighted by atomic mass is 10.1. The van der Waals surface area contributed by atoms with Gasteiger partial charge in [0, 0.05) is 23.4 Å². The smallest absolute Gasteiger partial charge is 0.229 e. The molecule has 152 valence electrons. The lowest BCUT2D eigenvalue weighted by molar-refractivity contribution is -0.117. The zero-order valence-corrected chi connectivity index (χ0v) is 17.7. The monoisotopic (exact) mass is 404 g/mol. The summed E-state index contributed by atoms with van der Waals surface area (Å²) >= 11 is 1.54. The van der Waals surface area contributed by atoms with Crippen molar-refractivity contribution in [2.45, 2.75) is 40.5 Å². The van der Waals surface area contributed by atoms with E-state index in [9.17, 15) is 9.59 Å². The molecular formula is C21H28N2O4S. The fraction of sp³-hybridized carbons (Fsp3) is 0.429. The molecular weight excluding hydrogens is 376 g/mol. The largest absolute Gasteiger partial charge is 0.492 e. The first kappa shape index (κ1) is 21.8.